The molecule has 1 aliphatic rings. The van der Waals surface area contributed by atoms with E-state index in [4.69, 9.17) is 9.47 Å². The molecule has 0 amide bonds. The first-order valence-electron chi connectivity index (χ1n) is 5.90. The lowest BCUT2D eigenvalue weighted by Crippen LogP contribution is -2.72. The molecule has 3 nitrogen and oxygen atoms in total. The minimum Gasteiger partial charge on any atom is -0.462 e. The van der Waals surface area contributed by atoms with Gasteiger partial charge in [0, 0.05) is 5.41 Å². The number of esters is 1. The summed E-state index contributed by atoms with van der Waals surface area (Å²) in [5, 5.41) is 0. The van der Waals surface area contributed by atoms with Crippen molar-refractivity contribution < 1.29 is 14.3 Å². The first-order chi connectivity index (χ1) is 7.03. The van der Waals surface area contributed by atoms with Gasteiger partial charge in [0.2, 0.25) is 0 Å². The third-order valence-corrected chi connectivity index (χ3v) is 4.27. The van der Waals surface area contributed by atoms with Crippen LogP contribution in [0.25, 0.3) is 0 Å². The summed E-state index contributed by atoms with van der Waals surface area (Å²) in [5.74, 6) is -0.245. The molecular weight excluding hydrogens is 204 g/mol. The molecule has 1 atom stereocenters. The van der Waals surface area contributed by atoms with Gasteiger partial charge in [0.1, 0.15) is 12.2 Å². The maximum Gasteiger partial charge on any atom is 0.308 e. The van der Waals surface area contributed by atoms with Crippen molar-refractivity contribution in [2.45, 2.75) is 59.7 Å². The number of carbonyl (C=O) groups is 1. The lowest BCUT2D eigenvalue weighted by molar-refractivity contribution is -0.357. The SMILES string of the molecule is CC(C)C(=O)OCC1(C)OC(C)(C)C1(C)C. The second-order valence-corrected chi connectivity index (χ2v) is 6.23. The normalized spacial score (nSPS) is 31.0. The highest BCUT2D eigenvalue weighted by atomic mass is 16.6. The number of hydrogen-bond donors (Lipinski definition) is 0. The average molecular weight is 228 g/mol. The smallest absolute Gasteiger partial charge is 0.308 e. The van der Waals surface area contributed by atoms with Gasteiger partial charge >= 0.3 is 5.97 Å². The van der Waals surface area contributed by atoms with Gasteiger partial charge in [-0.3, -0.25) is 4.79 Å². The van der Waals surface area contributed by atoms with E-state index in [-0.39, 0.29) is 28.5 Å². The Morgan fingerprint density at radius 2 is 1.69 bits per heavy atom. The van der Waals surface area contributed by atoms with E-state index in [2.05, 4.69) is 27.7 Å². The summed E-state index contributed by atoms with van der Waals surface area (Å²) in [4.78, 5) is 11.4. The minimum atomic E-state index is -0.374. The zero-order valence-electron chi connectivity index (χ0n) is 11.5. The highest BCUT2D eigenvalue weighted by Gasteiger charge is 2.64. The summed E-state index contributed by atoms with van der Waals surface area (Å²) >= 11 is 0. The van der Waals surface area contributed by atoms with Crippen LogP contribution in [-0.2, 0) is 14.3 Å². The largest absolute Gasteiger partial charge is 0.462 e. The van der Waals surface area contributed by atoms with Crippen LogP contribution in [0, 0.1) is 11.3 Å². The van der Waals surface area contributed by atoms with E-state index in [0.29, 0.717) is 6.61 Å². The van der Waals surface area contributed by atoms with Crippen LogP contribution in [0.15, 0.2) is 0 Å². The molecule has 1 unspecified atom stereocenters. The van der Waals surface area contributed by atoms with Gasteiger partial charge in [-0.15, -0.1) is 0 Å². The highest BCUT2D eigenvalue weighted by molar-refractivity contribution is 5.71. The topological polar surface area (TPSA) is 35.5 Å². The minimum absolute atomic E-state index is 0.00272. The number of hydrogen-bond acceptors (Lipinski definition) is 3. The summed E-state index contributed by atoms with van der Waals surface area (Å²) in [6, 6.07) is 0. The first-order valence-corrected chi connectivity index (χ1v) is 5.90. The fourth-order valence-electron chi connectivity index (χ4n) is 1.99. The fraction of sp³-hybridized carbons (Fsp3) is 0.923. The van der Waals surface area contributed by atoms with Gasteiger partial charge in [-0.1, -0.05) is 27.7 Å². The molecule has 1 fully saturated rings. The second kappa shape index (κ2) is 3.73. The van der Waals surface area contributed by atoms with Crippen LogP contribution in [0.5, 0.6) is 0 Å². The van der Waals surface area contributed by atoms with Crippen LogP contribution in [0.2, 0.25) is 0 Å². The maximum absolute atomic E-state index is 11.4. The molecule has 0 aromatic rings. The quantitative estimate of drug-likeness (QED) is 0.697. The Morgan fingerprint density at radius 1 is 1.19 bits per heavy atom. The summed E-state index contributed by atoms with van der Waals surface area (Å²) < 4.78 is 11.2. The molecule has 3 heteroatoms. The standard InChI is InChI=1S/C13H24O3/c1-9(2)10(14)15-8-13(7)11(3,4)12(5,6)16-13/h9H,8H2,1-7H3. The predicted octanol–water partition coefficient (Wildman–Crippen LogP) is 2.78. The zero-order valence-corrected chi connectivity index (χ0v) is 11.5. The van der Waals surface area contributed by atoms with E-state index in [1.165, 1.54) is 0 Å². The molecule has 0 aromatic heterocycles. The molecule has 0 N–H and O–H groups in total. The zero-order chi connectivity index (χ0) is 12.8. The Balaban J connectivity index is 2.60. The molecule has 16 heavy (non-hydrogen) atoms. The Bertz CT molecular complexity index is 292. The van der Waals surface area contributed by atoms with Crippen molar-refractivity contribution in [1.29, 1.82) is 0 Å². The Labute approximate surface area is 98.5 Å². The average Bonchev–Trinajstić information content (AvgIpc) is 2.12. The van der Waals surface area contributed by atoms with Crippen molar-refractivity contribution in [2.24, 2.45) is 11.3 Å². The molecule has 0 saturated carbocycles. The van der Waals surface area contributed by atoms with Crippen molar-refractivity contribution in [2.75, 3.05) is 6.61 Å². The van der Waals surface area contributed by atoms with Crippen molar-refractivity contribution in [1.82, 2.24) is 0 Å². The van der Waals surface area contributed by atoms with Crippen molar-refractivity contribution >= 4 is 5.97 Å². The van der Waals surface area contributed by atoms with Crippen LogP contribution < -0.4 is 0 Å². The molecule has 0 aromatic carbocycles. The number of carbonyl (C=O) groups excluding carboxylic acids is 1. The van der Waals surface area contributed by atoms with Crippen LogP contribution in [-0.4, -0.2) is 23.8 Å². The van der Waals surface area contributed by atoms with Gasteiger partial charge in [-0.05, 0) is 20.8 Å². The fourth-order valence-corrected chi connectivity index (χ4v) is 1.99. The van der Waals surface area contributed by atoms with Crippen LogP contribution in [0.3, 0.4) is 0 Å². The Morgan fingerprint density at radius 3 is 2.00 bits per heavy atom. The molecule has 94 valence electrons. The van der Waals surface area contributed by atoms with Crippen molar-refractivity contribution in [3.05, 3.63) is 0 Å². The van der Waals surface area contributed by atoms with E-state index < -0.39 is 0 Å². The number of ether oxygens (including phenoxy) is 2. The summed E-state index contributed by atoms with van der Waals surface area (Å²) in [7, 11) is 0. The lowest BCUT2D eigenvalue weighted by Gasteiger charge is -2.64. The maximum atomic E-state index is 11.4. The van der Waals surface area contributed by atoms with E-state index in [9.17, 15) is 4.79 Å². The molecule has 1 aliphatic heterocycles. The molecule has 1 rings (SSSR count). The van der Waals surface area contributed by atoms with E-state index in [0.717, 1.165) is 0 Å². The lowest BCUT2D eigenvalue weighted by atomic mass is 9.60. The second-order valence-electron chi connectivity index (χ2n) is 6.23. The summed E-state index contributed by atoms with van der Waals surface area (Å²) in [5.41, 5.74) is -0.537. The van der Waals surface area contributed by atoms with Gasteiger partial charge in [0.05, 0.1) is 11.5 Å². The van der Waals surface area contributed by atoms with Gasteiger partial charge in [-0.25, -0.2) is 0 Å². The molecule has 0 aliphatic carbocycles. The molecule has 0 bridgehead atoms. The van der Waals surface area contributed by atoms with E-state index >= 15 is 0 Å². The molecular formula is C13H24O3. The molecule has 0 radical (unpaired) electrons. The third-order valence-electron chi connectivity index (χ3n) is 4.27. The molecule has 1 heterocycles. The van der Waals surface area contributed by atoms with Gasteiger partial charge in [-0.2, -0.15) is 0 Å². The Kier molecular flexibility index (Phi) is 3.14. The van der Waals surface area contributed by atoms with E-state index in [1.54, 1.807) is 0 Å². The van der Waals surface area contributed by atoms with Gasteiger partial charge in [0.15, 0.2) is 0 Å². The first kappa shape index (κ1) is 13.5. The number of rotatable bonds is 3. The highest BCUT2D eigenvalue weighted by Crippen LogP contribution is 2.56. The monoisotopic (exact) mass is 228 g/mol. The van der Waals surface area contributed by atoms with Crippen LogP contribution in [0.4, 0.5) is 0 Å². The van der Waals surface area contributed by atoms with Gasteiger partial charge < -0.3 is 9.47 Å². The van der Waals surface area contributed by atoms with Crippen LogP contribution >= 0.6 is 0 Å². The van der Waals surface area contributed by atoms with Gasteiger partial charge in [0.25, 0.3) is 0 Å². The predicted molar refractivity (Wildman–Crippen MR) is 63.1 cm³/mol. The summed E-state index contributed by atoms with van der Waals surface area (Å²) in [6.07, 6.45) is 0. The van der Waals surface area contributed by atoms with Crippen LogP contribution in [0.1, 0.15) is 48.5 Å². The molecule has 1 saturated heterocycles. The summed E-state index contributed by atoms with van der Waals surface area (Å²) in [6.45, 7) is 14.5. The molecule has 0 spiro atoms. The third kappa shape index (κ3) is 1.86. The van der Waals surface area contributed by atoms with Crippen molar-refractivity contribution in [3.63, 3.8) is 0 Å². The van der Waals surface area contributed by atoms with E-state index in [1.807, 2.05) is 20.8 Å². The van der Waals surface area contributed by atoms with Crippen molar-refractivity contribution in [3.8, 4) is 0 Å². The Hall–Kier alpha value is -0.570.